The van der Waals surface area contributed by atoms with Gasteiger partial charge in [-0.25, -0.2) is 0 Å². The molecule has 0 saturated carbocycles. The van der Waals surface area contributed by atoms with Crippen LogP contribution in [0.15, 0.2) is 60.7 Å². The van der Waals surface area contributed by atoms with Crippen LogP contribution >= 0.6 is 0 Å². The Morgan fingerprint density at radius 3 is 1.95 bits per heavy atom. The molecule has 2 rings (SSSR count). The summed E-state index contributed by atoms with van der Waals surface area (Å²) < 4.78 is 31.4. The lowest BCUT2D eigenvalue weighted by molar-refractivity contribution is 0.461. The number of hydrogen-bond acceptors (Lipinski definition) is 3. The summed E-state index contributed by atoms with van der Waals surface area (Å²) in [5, 5.41) is 3.20. The molecular weight excluding hydrogens is 286 g/mol. The fourth-order valence-corrected chi connectivity index (χ4v) is 2.95. The molecular formula is C16H19NO3S. The minimum absolute atomic E-state index is 0.297. The van der Waals surface area contributed by atoms with Crippen LogP contribution in [0.3, 0.4) is 0 Å². The van der Waals surface area contributed by atoms with Gasteiger partial charge in [0.2, 0.25) is 0 Å². The first-order valence-electron chi connectivity index (χ1n) is 6.79. The fraction of sp³-hybridized carbons (Fsp3) is 0.250. The van der Waals surface area contributed by atoms with Gasteiger partial charge in [0, 0.05) is 12.6 Å². The van der Waals surface area contributed by atoms with E-state index in [4.69, 9.17) is 4.55 Å². The van der Waals surface area contributed by atoms with Gasteiger partial charge in [0.15, 0.2) is 0 Å². The summed E-state index contributed by atoms with van der Waals surface area (Å²) in [6, 6.07) is 19.1. The number of benzene rings is 2. The van der Waals surface area contributed by atoms with E-state index in [9.17, 15) is 8.42 Å². The van der Waals surface area contributed by atoms with Crippen LogP contribution in [-0.2, 0) is 23.1 Å². The maximum atomic E-state index is 11.2. The minimum atomic E-state index is -4.01. The summed E-state index contributed by atoms with van der Waals surface area (Å²) in [5.41, 5.74) is 2.11. The highest BCUT2D eigenvalue weighted by Gasteiger charge is 2.17. The van der Waals surface area contributed by atoms with Gasteiger partial charge in [0.05, 0.1) is 5.75 Å². The van der Waals surface area contributed by atoms with Gasteiger partial charge in [0.25, 0.3) is 10.1 Å². The van der Waals surface area contributed by atoms with Gasteiger partial charge in [-0.05, 0) is 17.5 Å². The molecule has 0 aliphatic carbocycles. The molecule has 2 aromatic carbocycles. The van der Waals surface area contributed by atoms with Crippen LogP contribution in [-0.4, -0.2) is 24.8 Å². The first-order valence-corrected chi connectivity index (χ1v) is 8.40. The number of nitrogens with one attached hydrogen (secondary N) is 1. The first-order chi connectivity index (χ1) is 10.0. The number of rotatable bonds is 7. The monoisotopic (exact) mass is 305 g/mol. The van der Waals surface area contributed by atoms with Crippen molar-refractivity contribution < 1.29 is 13.0 Å². The molecule has 0 heterocycles. The van der Waals surface area contributed by atoms with Crippen LogP contribution in [0.4, 0.5) is 0 Å². The van der Waals surface area contributed by atoms with Crippen molar-refractivity contribution in [1.82, 2.24) is 5.32 Å². The summed E-state index contributed by atoms with van der Waals surface area (Å²) in [4.78, 5) is 0. The molecule has 4 nitrogen and oxygen atoms in total. The molecule has 2 aromatic rings. The zero-order chi connectivity index (χ0) is 15.1. The van der Waals surface area contributed by atoms with Crippen LogP contribution in [0.2, 0.25) is 0 Å². The van der Waals surface area contributed by atoms with Crippen molar-refractivity contribution in [3.05, 3.63) is 71.8 Å². The molecule has 0 aliphatic rings. The van der Waals surface area contributed by atoms with Crippen molar-refractivity contribution in [2.45, 2.75) is 19.0 Å². The predicted octanol–water partition coefficient (Wildman–Crippen LogP) is 2.28. The van der Waals surface area contributed by atoms with Crippen LogP contribution in [0, 0.1) is 0 Å². The summed E-state index contributed by atoms with van der Waals surface area (Å²) in [6.45, 7) is 0.563. The molecule has 0 aromatic heterocycles. The molecule has 2 N–H and O–H groups in total. The lowest BCUT2D eigenvalue weighted by Gasteiger charge is -2.17. The van der Waals surface area contributed by atoms with Gasteiger partial charge >= 0.3 is 0 Å². The molecule has 0 radical (unpaired) electrons. The van der Waals surface area contributed by atoms with Crippen molar-refractivity contribution in [3.63, 3.8) is 0 Å². The minimum Gasteiger partial charge on any atom is -0.308 e. The zero-order valence-electron chi connectivity index (χ0n) is 11.6. The highest BCUT2D eigenvalue weighted by Crippen LogP contribution is 2.06. The van der Waals surface area contributed by atoms with Gasteiger partial charge in [-0.2, -0.15) is 8.42 Å². The maximum Gasteiger partial charge on any atom is 0.266 e. The van der Waals surface area contributed by atoms with E-state index in [-0.39, 0.29) is 11.8 Å². The highest BCUT2D eigenvalue weighted by atomic mass is 32.2. The van der Waals surface area contributed by atoms with Crippen LogP contribution in [0.5, 0.6) is 0 Å². The molecule has 21 heavy (non-hydrogen) atoms. The SMILES string of the molecule is O=S(=O)(O)CC(Cc1ccccc1)NCc1ccccc1. The van der Waals surface area contributed by atoms with Gasteiger partial charge in [-0.3, -0.25) is 4.55 Å². The Morgan fingerprint density at radius 2 is 1.43 bits per heavy atom. The number of hydrogen-bond donors (Lipinski definition) is 2. The Bertz CT molecular complexity index is 642. The van der Waals surface area contributed by atoms with E-state index in [1.165, 1.54) is 0 Å². The molecule has 112 valence electrons. The van der Waals surface area contributed by atoms with Gasteiger partial charge < -0.3 is 5.32 Å². The molecule has 0 spiro atoms. The normalized spacial score (nSPS) is 13.0. The third-order valence-electron chi connectivity index (χ3n) is 3.17. The van der Waals surface area contributed by atoms with E-state index in [1.54, 1.807) is 0 Å². The topological polar surface area (TPSA) is 66.4 Å². The maximum absolute atomic E-state index is 11.2. The molecule has 0 aliphatic heterocycles. The van der Waals surface area contributed by atoms with E-state index in [2.05, 4.69) is 5.32 Å². The Kier molecular flexibility index (Phi) is 5.50. The highest BCUT2D eigenvalue weighted by molar-refractivity contribution is 7.85. The quantitative estimate of drug-likeness (QED) is 0.770. The Hall–Kier alpha value is -1.69. The molecule has 1 atom stereocenters. The van der Waals surface area contributed by atoms with Crippen LogP contribution in [0.1, 0.15) is 11.1 Å². The Morgan fingerprint density at radius 1 is 0.905 bits per heavy atom. The fourth-order valence-electron chi connectivity index (χ4n) is 2.20. The first kappa shape index (κ1) is 15.7. The van der Waals surface area contributed by atoms with Crippen molar-refractivity contribution in [2.75, 3.05) is 5.75 Å². The second-order valence-corrected chi connectivity index (χ2v) is 6.50. The molecule has 0 amide bonds. The average molecular weight is 305 g/mol. The summed E-state index contributed by atoms with van der Waals surface area (Å²) in [6.07, 6.45) is 0.549. The van der Waals surface area contributed by atoms with E-state index < -0.39 is 10.1 Å². The van der Waals surface area contributed by atoms with E-state index in [0.717, 1.165) is 11.1 Å². The van der Waals surface area contributed by atoms with Crippen molar-refractivity contribution in [3.8, 4) is 0 Å². The van der Waals surface area contributed by atoms with Crippen LogP contribution in [0.25, 0.3) is 0 Å². The van der Waals surface area contributed by atoms with E-state index in [0.29, 0.717) is 13.0 Å². The van der Waals surface area contributed by atoms with Crippen molar-refractivity contribution >= 4 is 10.1 Å². The Balaban J connectivity index is 2.02. The average Bonchev–Trinajstić information content (AvgIpc) is 2.45. The smallest absolute Gasteiger partial charge is 0.266 e. The third-order valence-corrected chi connectivity index (χ3v) is 4.00. The van der Waals surface area contributed by atoms with Gasteiger partial charge in [-0.1, -0.05) is 60.7 Å². The van der Waals surface area contributed by atoms with Gasteiger partial charge in [-0.15, -0.1) is 0 Å². The van der Waals surface area contributed by atoms with E-state index in [1.807, 2.05) is 60.7 Å². The predicted molar refractivity (Wildman–Crippen MR) is 83.6 cm³/mol. The van der Waals surface area contributed by atoms with Crippen molar-refractivity contribution in [1.29, 1.82) is 0 Å². The van der Waals surface area contributed by atoms with Gasteiger partial charge in [0.1, 0.15) is 0 Å². The lowest BCUT2D eigenvalue weighted by atomic mass is 10.1. The molecule has 1 unspecified atom stereocenters. The largest absolute Gasteiger partial charge is 0.308 e. The molecule has 0 bridgehead atoms. The third kappa shape index (κ3) is 6.08. The summed E-state index contributed by atoms with van der Waals surface area (Å²) in [5.74, 6) is -0.297. The molecule has 5 heteroatoms. The second kappa shape index (κ2) is 7.36. The summed E-state index contributed by atoms with van der Waals surface area (Å²) >= 11 is 0. The second-order valence-electron chi connectivity index (χ2n) is 5.00. The molecule has 0 fully saturated rings. The zero-order valence-corrected chi connectivity index (χ0v) is 12.5. The summed E-state index contributed by atoms with van der Waals surface area (Å²) in [7, 11) is -4.01. The Labute approximate surface area is 125 Å². The van der Waals surface area contributed by atoms with Crippen molar-refractivity contribution in [2.24, 2.45) is 0 Å². The molecule has 0 saturated heterocycles. The standard InChI is InChI=1S/C16H19NO3S/c18-21(19,20)13-16(11-14-7-3-1-4-8-14)17-12-15-9-5-2-6-10-15/h1-10,16-17H,11-13H2,(H,18,19,20). The van der Waals surface area contributed by atoms with Crippen LogP contribution < -0.4 is 5.32 Å². The lowest BCUT2D eigenvalue weighted by Crippen LogP contribution is -2.37. The van der Waals surface area contributed by atoms with E-state index >= 15 is 0 Å².